The van der Waals surface area contributed by atoms with Crippen LogP contribution in [-0.2, 0) is 19.3 Å². The highest BCUT2D eigenvalue weighted by molar-refractivity contribution is 14.0. The minimum Gasteiger partial charge on any atom is -0.356 e. The number of thiazole rings is 2. The van der Waals surface area contributed by atoms with Gasteiger partial charge in [-0.3, -0.25) is 4.99 Å². The molecule has 2 N–H and O–H groups in total. The maximum atomic E-state index is 4.57. The van der Waals surface area contributed by atoms with E-state index in [0.29, 0.717) is 0 Å². The van der Waals surface area contributed by atoms with Crippen LogP contribution in [0.2, 0.25) is 0 Å². The summed E-state index contributed by atoms with van der Waals surface area (Å²) in [5.74, 6) is 0.831. The zero-order valence-electron chi connectivity index (χ0n) is 13.8. The molecule has 0 aliphatic carbocycles. The normalized spacial score (nSPS) is 11.2. The van der Waals surface area contributed by atoms with Crippen molar-refractivity contribution in [3.8, 4) is 0 Å². The Kier molecular flexibility index (Phi) is 9.65. The van der Waals surface area contributed by atoms with Crippen molar-refractivity contribution < 1.29 is 0 Å². The smallest absolute Gasteiger partial charge is 0.191 e. The zero-order chi connectivity index (χ0) is 15.8. The molecule has 0 aromatic carbocycles. The van der Waals surface area contributed by atoms with Gasteiger partial charge in [0.1, 0.15) is 0 Å². The lowest BCUT2D eigenvalue weighted by molar-refractivity contribution is 0.771. The van der Waals surface area contributed by atoms with E-state index in [1.54, 1.807) is 29.7 Å². The van der Waals surface area contributed by atoms with E-state index in [-0.39, 0.29) is 24.0 Å². The molecule has 0 bridgehead atoms. The lowest BCUT2D eigenvalue weighted by Gasteiger charge is -2.10. The van der Waals surface area contributed by atoms with E-state index in [9.17, 15) is 0 Å². The van der Waals surface area contributed by atoms with E-state index in [2.05, 4.69) is 43.3 Å². The monoisotopic (exact) mass is 465 g/mol. The summed E-state index contributed by atoms with van der Waals surface area (Å²) in [5, 5.41) is 13.2. The quantitative estimate of drug-likeness (QED) is 0.375. The number of nitrogens with one attached hydrogen (secondary N) is 2. The zero-order valence-corrected chi connectivity index (χ0v) is 17.7. The van der Waals surface area contributed by atoms with E-state index in [4.69, 9.17) is 0 Å². The number of aromatic nitrogens is 2. The van der Waals surface area contributed by atoms with Crippen LogP contribution in [-0.4, -0.2) is 36.1 Å². The van der Waals surface area contributed by atoms with E-state index >= 15 is 0 Å². The molecule has 2 aromatic rings. The fourth-order valence-electron chi connectivity index (χ4n) is 1.99. The summed E-state index contributed by atoms with van der Waals surface area (Å²) < 4.78 is 0. The molecular formula is C15H24IN5S2. The second-order valence-electron chi connectivity index (χ2n) is 4.87. The van der Waals surface area contributed by atoms with Crippen molar-refractivity contribution >= 4 is 52.6 Å². The van der Waals surface area contributed by atoms with E-state index in [1.807, 2.05) is 6.92 Å². The van der Waals surface area contributed by atoms with E-state index in [1.165, 1.54) is 5.01 Å². The van der Waals surface area contributed by atoms with Crippen molar-refractivity contribution in [3.05, 3.63) is 32.2 Å². The van der Waals surface area contributed by atoms with Gasteiger partial charge in [-0.25, -0.2) is 9.97 Å². The molecule has 0 radical (unpaired) electrons. The Labute approximate surface area is 163 Å². The molecule has 0 saturated carbocycles. The highest BCUT2D eigenvalue weighted by atomic mass is 127. The lowest BCUT2D eigenvalue weighted by Crippen LogP contribution is -2.39. The van der Waals surface area contributed by atoms with Gasteiger partial charge in [0.05, 0.1) is 21.4 Å². The van der Waals surface area contributed by atoms with Crippen molar-refractivity contribution in [2.75, 3.05) is 20.1 Å². The summed E-state index contributed by atoms with van der Waals surface area (Å²) in [6, 6.07) is 0. The van der Waals surface area contributed by atoms with E-state index < -0.39 is 0 Å². The van der Waals surface area contributed by atoms with Gasteiger partial charge in [0, 0.05) is 43.7 Å². The van der Waals surface area contributed by atoms with Gasteiger partial charge in [0.25, 0.3) is 0 Å². The van der Waals surface area contributed by atoms with Gasteiger partial charge >= 0.3 is 0 Å². The topological polar surface area (TPSA) is 62.2 Å². The van der Waals surface area contributed by atoms with Gasteiger partial charge in [-0.2, -0.15) is 0 Å². The number of hydrogen-bond donors (Lipinski definition) is 2. The van der Waals surface area contributed by atoms with Crippen molar-refractivity contribution in [1.29, 1.82) is 0 Å². The van der Waals surface area contributed by atoms with Gasteiger partial charge in [-0.15, -0.1) is 46.7 Å². The number of aliphatic imine (C=N–C) groups is 1. The summed E-state index contributed by atoms with van der Waals surface area (Å²) >= 11 is 3.43. The van der Waals surface area contributed by atoms with Crippen molar-refractivity contribution in [3.63, 3.8) is 0 Å². The number of aryl methyl sites for hydroxylation is 2. The van der Waals surface area contributed by atoms with Crippen molar-refractivity contribution in [1.82, 2.24) is 20.6 Å². The lowest BCUT2D eigenvalue weighted by atomic mass is 10.3. The Bertz CT molecular complexity index is 609. The molecular weight excluding hydrogens is 441 g/mol. The minimum absolute atomic E-state index is 0. The van der Waals surface area contributed by atoms with Crippen LogP contribution in [0.5, 0.6) is 0 Å². The first-order chi connectivity index (χ1) is 10.7. The number of halogens is 1. The van der Waals surface area contributed by atoms with Gasteiger partial charge in [-0.1, -0.05) is 6.92 Å². The summed E-state index contributed by atoms with van der Waals surface area (Å²) in [6.45, 7) is 5.84. The second-order valence-corrected chi connectivity index (χ2v) is 6.87. The fraction of sp³-hybridized carbons (Fsp3) is 0.533. The number of hydrogen-bond acceptors (Lipinski definition) is 5. The third-order valence-electron chi connectivity index (χ3n) is 3.14. The fourth-order valence-corrected chi connectivity index (χ4v) is 3.41. The SMILES string of the molecule is CCc1nc(CCNC(=NC)NCCc2csc(C)n2)cs1.I. The summed E-state index contributed by atoms with van der Waals surface area (Å²) in [5.41, 5.74) is 2.29. The highest BCUT2D eigenvalue weighted by Crippen LogP contribution is 2.10. The Morgan fingerprint density at radius 1 is 1.09 bits per heavy atom. The number of guanidine groups is 1. The average molecular weight is 465 g/mol. The molecule has 0 spiro atoms. The molecule has 0 fully saturated rings. The van der Waals surface area contributed by atoms with Crippen LogP contribution in [0.4, 0.5) is 0 Å². The highest BCUT2D eigenvalue weighted by Gasteiger charge is 2.02. The molecule has 2 rings (SSSR count). The van der Waals surface area contributed by atoms with Crippen LogP contribution in [0.1, 0.15) is 28.3 Å². The maximum Gasteiger partial charge on any atom is 0.191 e. The average Bonchev–Trinajstić information content (AvgIpc) is 3.14. The molecule has 0 saturated heterocycles. The molecule has 23 heavy (non-hydrogen) atoms. The Morgan fingerprint density at radius 3 is 2.17 bits per heavy atom. The molecule has 0 aliphatic heterocycles. The van der Waals surface area contributed by atoms with Crippen LogP contribution < -0.4 is 10.6 Å². The molecule has 0 unspecified atom stereocenters. The van der Waals surface area contributed by atoms with Crippen LogP contribution in [0.15, 0.2) is 15.8 Å². The van der Waals surface area contributed by atoms with Gasteiger partial charge in [0.2, 0.25) is 0 Å². The molecule has 128 valence electrons. The summed E-state index contributed by atoms with van der Waals surface area (Å²) in [6.07, 6.45) is 2.84. The Morgan fingerprint density at radius 2 is 1.70 bits per heavy atom. The summed E-state index contributed by atoms with van der Waals surface area (Å²) in [4.78, 5) is 13.3. The Hall–Kier alpha value is -0.740. The minimum atomic E-state index is 0. The first kappa shape index (κ1) is 20.3. The molecule has 8 heteroatoms. The number of rotatable bonds is 7. The molecule has 0 aliphatic rings. The molecule has 2 aromatic heterocycles. The largest absolute Gasteiger partial charge is 0.356 e. The molecule has 5 nitrogen and oxygen atoms in total. The molecule has 0 atom stereocenters. The van der Waals surface area contributed by atoms with Crippen molar-refractivity contribution in [2.24, 2.45) is 4.99 Å². The van der Waals surface area contributed by atoms with Crippen molar-refractivity contribution in [2.45, 2.75) is 33.1 Å². The van der Waals surface area contributed by atoms with E-state index in [0.717, 1.165) is 54.7 Å². The predicted molar refractivity (Wildman–Crippen MR) is 111 cm³/mol. The van der Waals surface area contributed by atoms with Gasteiger partial charge < -0.3 is 10.6 Å². The van der Waals surface area contributed by atoms with Gasteiger partial charge in [-0.05, 0) is 13.3 Å². The third-order valence-corrected chi connectivity index (χ3v) is 5.00. The first-order valence-corrected chi connectivity index (χ1v) is 9.26. The van der Waals surface area contributed by atoms with Crippen LogP contribution in [0.25, 0.3) is 0 Å². The molecule has 0 amide bonds. The number of nitrogens with zero attached hydrogens (tertiary/aromatic N) is 3. The third kappa shape index (κ3) is 7.13. The Balaban J connectivity index is 0.00000264. The summed E-state index contributed by atoms with van der Waals surface area (Å²) in [7, 11) is 1.79. The predicted octanol–water partition coefficient (Wildman–Crippen LogP) is 3.04. The van der Waals surface area contributed by atoms with Crippen LogP contribution in [0.3, 0.4) is 0 Å². The van der Waals surface area contributed by atoms with Crippen LogP contribution in [0, 0.1) is 6.92 Å². The van der Waals surface area contributed by atoms with Crippen LogP contribution >= 0.6 is 46.7 Å². The second kappa shape index (κ2) is 10.9. The molecule has 2 heterocycles. The standard InChI is InChI=1S/C15H23N5S2.HI/c1-4-14-20-13(10-22-14)6-8-18-15(16-3)17-7-5-12-9-21-11(2)19-12;/h9-10H,4-8H2,1-3H3,(H2,16,17,18);1H. The van der Waals surface area contributed by atoms with Gasteiger partial charge in [0.15, 0.2) is 5.96 Å². The first-order valence-electron chi connectivity index (χ1n) is 7.50. The maximum absolute atomic E-state index is 4.57.